The van der Waals surface area contributed by atoms with E-state index in [0.29, 0.717) is 12.5 Å². The van der Waals surface area contributed by atoms with Crippen LogP contribution in [-0.4, -0.2) is 29.1 Å². The van der Waals surface area contributed by atoms with Gasteiger partial charge in [-0.1, -0.05) is 0 Å². The van der Waals surface area contributed by atoms with Gasteiger partial charge in [-0.05, 0) is 19.8 Å². The van der Waals surface area contributed by atoms with Crippen molar-refractivity contribution in [2.45, 2.75) is 32.0 Å². The minimum atomic E-state index is -1.21. The van der Waals surface area contributed by atoms with Gasteiger partial charge in [0.2, 0.25) is 0 Å². The Morgan fingerprint density at radius 1 is 1.60 bits per heavy atom. The molecule has 1 saturated heterocycles. The molecule has 0 spiro atoms. The number of carboxylic acids is 1. The summed E-state index contributed by atoms with van der Waals surface area (Å²) in [5, 5.41) is 11.9. The fourth-order valence-electron chi connectivity index (χ4n) is 2.02. The van der Waals surface area contributed by atoms with Crippen LogP contribution in [0, 0.1) is 5.92 Å². The molecule has 2 heterocycles. The molecule has 0 amide bonds. The molecule has 15 heavy (non-hydrogen) atoms. The first-order valence-electron chi connectivity index (χ1n) is 4.99. The van der Waals surface area contributed by atoms with E-state index < -0.39 is 5.97 Å². The molecular weight excluding hydrogens is 198 g/mol. The smallest absolute Gasteiger partial charge is 0.342 e. The van der Waals surface area contributed by atoms with E-state index in [1.54, 1.807) is 0 Å². The molecule has 0 radical (unpaired) electrons. The summed E-state index contributed by atoms with van der Waals surface area (Å²) in [5.41, 5.74) is -0.243. The third-order valence-electron chi connectivity index (χ3n) is 2.89. The summed E-state index contributed by atoms with van der Waals surface area (Å²) in [6.07, 6.45) is 2.24. The van der Waals surface area contributed by atoms with Crippen molar-refractivity contribution in [3.63, 3.8) is 0 Å². The zero-order valence-corrected chi connectivity index (χ0v) is 8.40. The highest BCUT2D eigenvalue weighted by molar-refractivity contribution is 6.17. The van der Waals surface area contributed by atoms with Gasteiger partial charge in [0.1, 0.15) is 11.8 Å². The third kappa shape index (κ3) is 1.74. The average Bonchev–Trinajstić information content (AvgIpc) is 2.17. The van der Waals surface area contributed by atoms with Crippen LogP contribution in [0.3, 0.4) is 0 Å². The monoisotopic (exact) mass is 211 g/mol. The van der Waals surface area contributed by atoms with Crippen LogP contribution < -0.4 is 5.32 Å². The third-order valence-corrected chi connectivity index (χ3v) is 2.89. The van der Waals surface area contributed by atoms with Crippen LogP contribution in [0.25, 0.3) is 0 Å². The Hall–Kier alpha value is -1.36. The Kier molecular flexibility index (Phi) is 2.48. The Morgan fingerprint density at radius 3 is 3.00 bits per heavy atom. The molecule has 5 nitrogen and oxygen atoms in total. The molecule has 3 unspecified atom stereocenters. The number of nitrogens with one attached hydrogen (secondary N) is 1. The van der Waals surface area contributed by atoms with Crippen molar-refractivity contribution in [3.05, 3.63) is 11.8 Å². The predicted molar refractivity (Wildman–Crippen MR) is 50.9 cm³/mol. The van der Waals surface area contributed by atoms with Gasteiger partial charge in [0.05, 0.1) is 5.92 Å². The summed E-state index contributed by atoms with van der Waals surface area (Å²) in [7, 11) is 0. The molecule has 3 atom stereocenters. The SMILES string of the molecule is CC1CCC2C(=O)C(C(=O)O)=COC2N1. The van der Waals surface area contributed by atoms with Crippen molar-refractivity contribution < 1.29 is 19.4 Å². The molecule has 0 saturated carbocycles. The van der Waals surface area contributed by atoms with E-state index in [4.69, 9.17) is 9.84 Å². The second-order valence-corrected chi connectivity index (χ2v) is 4.01. The largest absolute Gasteiger partial charge is 0.481 e. The molecule has 0 aromatic rings. The van der Waals surface area contributed by atoms with Gasteiger partial charge >= 0.3 is 5.97 Å². The van der Waals surface area contributed by atoms with Gasteiger partial charge in [-0.3, -0.25) is 10.1 Å². The zero-order valence-electron chi connectivity index (χ0n) is 8.40. The van der Waals surface area contributed by atoms with Crippen LogP contribution in [0.2, 0.25) is 0 Å². The maximum atomic E-state index is 11.7. The lowest BCUT2D eigenvalue weighted by Crippen LogP contribution is -2.52. The first kappa shape index (κ1) is 10.2. The topological polar surface area (TPSA) is 75.6 Å². The van der Waals surface area contributed by atoms with Crippen LogP contribution in [0.4, 0.5) is 0 Å². The highest BCUT2D eigenvalue weighted by atomic mass is 16.5. The highest BCUT2D eigenvalue weighted by Gasteiger charge is 2.40. The van der Waals surface area contributed by atoms with Crippen molar-refractivity contribution in [1.82, 2.24) is 5.32 Å². The van der Waals surface area contributed by atoms with E-state index >= 15 is 0 Å². The summed E-state index contributed by atoms with van der Waals surface area (Å²) < 4.78 is 5.22. The number of carboxylic acid groups (broad SMARTS) is 1. The van der Waals surface area contributed by atoms with Crippen LogP contribution in [0.15, 0.2) is 11.8 Å². The van der Waals surface area contributed by atoms with Gasteiger partial charge in [-0.25, -0.2) is 4.79 Å². The number of ether oxygens (including phenoxy) is 1. The van der Waals surface area contributed by atoms with Crippen LogP contribution in [0.1, 0.15) is 19.8 Å². The minimum absolute atomic E-state index is 0.243. The lowest BCUT2D eigenvalue weighted by Gasteiger charge is -2.36. The van der Waals surface area contributed by atoms with Crippen molar-refractivity contribution in [2.24, 2.45) is 5.92 Å². The van der Waals surface area contributed by atoms with Crippen LogP contribution in [0.5, 0.6) is 0 Å². The van der Waals surface area contributed by atoms with Crippen molar-refractivity contribution in [3.8, 4) is 0 Å². The Morgan fingerprint density at radius 2 is 2.33 bits per heavy atom. The molecule has 2 N–H and O–H groups in total. The second-order valence-electron chi connectivity index (χ2n) is 4.01. The summed E-state index contributed by atoms with van der Waals surface area (Å²) in [5.74, 6) is -1.88. The summed E-state index contributed by atoms with van der Waals surface area (Å²) in [6.45, 7) is 2.01. The number of piperidine rings is 1. The number of carbonyl (C=O) groups is 2. The van der Waals surface area contributed by atoms with Crippen LogP contribution in [-0.2, 0) is 14.3 Å². The lowest BCUT2D eigenvalue weighted by molar-refractivity contribution is -0.139. The fraction of sp³-hybridized carbons (Fsp3) is 0.600. The van der Waals surface area contributed by atoms with E-state index in [0.717, 1.165) is 12.7 Å². The molecule has 0 aromatic heterocycles. The quantitative estimate of drug-likeness (QED) is 0.609. The first-order chi connectivity index (χ1) is 7.09. The molecular formula is C10H13NO4. The first-order valence-corrected chi connectivity index (χ1v) is 4.99. The number of fused-ring (bicyclic) bond motifs is 1. The predicted octanol–water partition coefficient (Wildman–Crippen LogP) is 0.268. The lowest BCUT2D eigenvalue weighted by atomic mass is 9.86. The molecule has 82 valence electrons. The Labute approximate surface area is 87.1 Å². The van der Waals surface area contributed by atoms with Crippen molar-refractivity contribution >= 4 is 11.8 Å². The Balaban J connectivity index is 2.20. The molecule has 0 bridgehead atoms. The molecule has 2 rings (SSSR count). The molecule has 5 heteroatoms. The molecule has 2 aliphatic heterocycles. The number of Topliss-reactive ketones (excluding diaryl/α,β-unsaturated/α-hetero) is 1. The molecule has 1 fully saturated rings. The Bertz CT molecular complexity index is 336. The number of aliphatic carboxylic acids is 1. The van der Waals surface area contributed by atoms with E-state index in [1.807, 2.05) is 6.92 Å². The fourth-order valence-corrected chi connectivity index (χ4v) is 2.02. The maximum absolute atomic E-state index is 11.7. The van der Waals surface area contributed by atoms with Gasteiger partial charge in [0.15, 0.2) is 12.0 Å². The van der Waals surface area contributed by atoms with Gasteiger partial charge < -0.3 is 9.84 Å². The standard InChI is InChI=1S/C10H13NO4/c1-5-2-3-6-8(12)7(10(13)14)4-15-9(6)11-5/h4-6,9,11H,2-3H2,1H3,(H,13,14). The van der Waals surface area contributed by atoms with Gasteiger partial charge in [0, 0.05) is 6.04 Å². The molecule has 0 aliphatic carbocycles. The zero-order chi connectivity index (χ0) is 11.0. The molecule has 0 aromatic carbocycles. The number of carbonyl (C=O) groups excluding carboxylic acids is 1. The normalized spacial score (nSPS) is 35.1. The number of rotatable bonds is 1. The van der Waals surface area contributed by atoms with Gasteiger partial charge in [-0.15, -0.1) is 0 Å². The molecule has 2 aliphatic rings. The number of ketones is 1. The summed E-state index contributed by atoms with van der Waals surface area (Å²) >= 11 is 0. The maximum Gasteiger partial charge on any atom is 0.342 e. The van der Waals surface area contributed by atoms with E-state index in [2.05, 4.69) is 5.32 Å². The summed E-state index contributed by atoms with van der Waals surface area (Å²) in [6, 6.07) is 0.304. The van der Waals surface area contributed by atoms with E-state index in [1.165, 1.54) is 0 Å². The minimum Gasteiger partial charge on any atom is -0.481 e. The van der Waals surface area contributed by atoms with Crippen LogP contribution >= 0.6 is 0 Å². The number of hydrogen-bond acceptors (Lipinski definition) is 4. The summed E-state index contributed by atoms with van der Waals surface area (Å²) in [4.78, 5) is 22.5. The van der Waals surface area contributed by atoms with Gasteiger partial charge in [0.25, 0.3) is 0 Å². The van der Waals surface area contributed by atoms with Gasteiger partial charge in [-0.2, -0.15) is 0 Å². The second kappa shape index (κ2) is 3.66. The van der Waals surface area contributed by atoms with Crippen molar-refractivity contribution in [2.75, 3.05) is 0 Å². The number of hydrogen-bond donors (Lipinski definition) is 2. The highest BCUT2D eigenvalue weighted by Crippen LogP contribution is 2.28. The van der Waals surface area contributed by atoms with E-state index in [9.17, 15) is 9.59 Å². The average molecular weight is 211 g/mol. The van der Waals surface area contributed by atoms with E-state index in [-0.39, 0.29) is 23.5 Å². The van der Waals surface area contributed by atoms with Crippen molar-refractivity contribution in [1.29, 1.82) is 0 Å².